The molecule has 108 valence electrons. The molecule has 1 aliphatic heterocycles. The van der Waals surface area contributed by atoms with Crippen LogP contribution < -0.4 is 16.5 Å². The Morgan fingerprint density at radius 1 is 1.38 bits per heavy atom. The van der Waals surface area contributed by atoms with Crippen LogP contribution in [-0.4, -0.2) is 25.8 Å². The van der Waals surface area contributed by atoms with Gasteiger partial charge in [0.05, 0.1) is 16.8 Å². The van der Waals surface area contributed by atoms with Crippen molar-refractivity contribution >= 4 is 17.5 Å². The van der Waals surface area contributed by atoms with Crippen molar-refractivity contribution in [2.45, 2.75) is 19.4 Å². The zero-order valence-electron chi connectivity index (χ0n) is 11.5. The van der Waals surface area contributed by atoms with Gasteiger partial charge in [-0.15, -0.1) is 0 Å². The van der Waals surface area contributed by atoms with Crippen molar-refractivity contribution in [2.75, 3.05) is 5.73 Å². The number of hydrogen-bond acceptors (Lipinski definition) is 6. The van der Waals surface area contributed by atoms with E-state index in [1.54, 1.807) is 19.9 Å². The Morgan fingerprint density at radius 2 is 2.14 bits per heavy atom. The van der Waals surface area contributed by atoms with Crippen LogP contribution in [0.3, 0.4) is 0 Å². The molecule has 0 spiro atoms. The van der Waals surface area contributed by atoms with Crippen molar-refractivity contribution in [3.63, 3.8) is 0 Å². The van der Waals surface area contributed by atoms with Crippen LogP contribution >= 0.6 is 0 Å². The van der Waals surface area contributed by atoms with Gasteiger partial charge in [-0.05, 0) is 26.0 Å². The average molecular weight is 286 g/mol. The highest BCUT2D eigenvalue weighted by Gasteiger charge is 2.38. The maximum atomic E-state index is 11.8. The zero-order valence-corrected chi connectivity index (χ0v) is 11.5. The summed E-state index contributed by atoms with van der Waals surface area (Å²) in [4.78, 5) is 23.8. The van der Waals surface area contributed by atoms with E-state index in [2.05, 4.69) is 20.3 Å². The molecule has 0 bridgehead atoms. The molecule has 3 heterocycles. The average Bonchev–Trinajstić information content (AvgIpc) is 2.63. The molecule has 1 aliphatic rings. The van der Waals surface area contributed by atoms with Gasteiger partial charge in [-0.1, -0.05) is 0 Å². The Kier molecular flexibility index (Phi) is 2.68. The molecular formula is C13H14N6O2. The lowest BCUT2D eigenvalue weighted by Gasteiger charge is -2.20. The molecule has 0 saturated heterocycles. The van der Waals surface area contributed by atoms with Gasteiger partial charge < -0.3 is 16.3 Å². The third-order valence-corrected chi connectivity index (χ3v) is 3.25. The molecule has 2 aromatic rings. The fraction of sp³-hybridized carbons (Fsp3) is 0.231. The quantitative estimate of drug-likeness (QED) is 0.652. The molecular weight excluding hydrogens is 272 g/mol. The van der Waals surface area contributed by atoms with Gasteiger partial charge in [0.15, 0.2) is 11.3 Å². The SMILES string of the molecule is CC1(C)NC(=O)c2ccc(=Nc3cc(N)ncn3)n(O)c21. The molecule has 3 rings (SSSR count). The zero-order chi connectivity index (χ0) is 15.2. The van der Waals surface area contributed by atoms with E-state index in [0.29, 0.717) is 17.1 Å². The van der Waals surface area contributed by atoms with E-state index in [0.717, 1.165) is 4.73 Å². The van der Waals surface area contributed by atoms with Gasteiger partial charge in [0, 0.05) is 6.07 Å². The van der Waals surface area contributed by atoms with Crippen LogP contribution in [0, 0.1) is 0 Å². The van der Waals surface area contributed by atoms with E-state index in [1.807, 2.05) is 0 Å². The number of carbonyl (C=O) groups excluding carboxylic acids is 1. The molecule has 1 amide bonds. The lowest BCUT2D eigenvalue weighted by molar-refractivity contribution is 0.0937. The summed E-state index contributed by atoms with van der Waals surface area (Å²) in [5, 5.41) is 13.1. The minimum Gasteiger partial charge on any atom is -0.427 e. The number of anilines is 1. The summed E-state index contributed by atoms with van der Waals surface area (Å²) in [7, 11) is 0. The fourth-order valence-corrected chi connectivity index (χ4v) is 2.36. The Hall–Kier alpha value is -2.90. The van der Waals surface area contributed by atoms with Crippen molar-refractivity contribution < 1.29 is 10.0 Å². The number of aromatic nitrogens is 3. The van der Waals surface area contributed by atoms with Gasteiger partial charge in [0.1, 0.15) is 12.1 Å². The molecule has 2 aromatic heterocycles. The van der Waals surface area contributed by atoms with Crippen molar-refractivity contribution in [3.05, 3.63) is 41.3 Å². The lowest BCUT2D eigenvalue weighted by Crippen LogP contribution is -2.36. The summed E-state index contributed by atoms with van der Waals surface area (Å²) in [5.41, 5.74) is 6.00. The summed E-state index contributed by atoms with van der Waals surface area (Å²) >= 11 is 0. The first-order valence-electron chi connectivity index (χ1n) is 6.29. The van der Waals surface area contributed by atoms with Crippen molar-refractivity contribution in [1.29, 1.82) is 0 Å². The largest absolute Gasteiger partial charge is 0.427 e. The highest BCUT2D eigenvalue weighted by atomic mass is 16.5. The normalized spacial score (nSPS) is 16.7. The fourth-order valence-electron chi connectivity index (χ4n) is 2.36. The molecule has 0 saturated carbocycles. The van der Waals surface area contributed by atoms with Crippen molar-refractivity contribution in [1.82, 2.24) is 20.0 Å². The maximum Gasteiger partial charge on any atom is 0.254 e. The van der Waals surface area contributed by atoms with E-state index in [4.69, 9.17) is 5.73 Å². The molecule has 8 heteroatoms. The van der Waals surface area contributed by atoms with Crippen LogP contribution in [0.25, 0.3) is 0 Å². The second-order valence-corrected chi connectivity index (χ2v) is 5.26. The van der Waals surface area contributed by atoms with E-state index >= 15 is 0 Å². The molecule has 0 atom stereocenters. The van der Waals surface area contributed by atoms with Crippen LogP contribution in [0.1, 0.15) is 29.9 Å². The van der Waals surface area contributed by atoms with E-state index in [1.165, 1.54) is 18.5 Å². The first-order valence-corrected chi connectivity index (χ1v) is 6.29. The van der Waals surface area contributed by atoms with Crippen LogP contribution in [-0.2, 0) is 5.54 Å². The summed E-state index contributed by atoms with van der Waals surface area (Å²) < 4.78 is 0.894. The second-order valence-electron chi connectivity index (χ2n) is 5.26. The molecule has 4 N–H and O–H groups in total. The number of carbonyl (C=O) groups is 1. The standard InChI is InChI=1S/C13H14N6O2/c1-13(2)11-7(12(20)18-13)3-4-10(19(11)21)17-9-5-8(14)15-6-16-9/h3-6,21H,1-2H3,(H,18,20)(H2,14,15,16). The molecule has 0 unspecified atom stereocenters. The predicted octanol–water partition coefficient (Wildman–Crippen LogP) is 0.309. The number of fused-ring (bicyclic) bond motifs is 1. The van der Waals surface area contributed by atoms with Gasteiger partial charge in [-0.25, -0.2) is 15.0 Å². The van der Waals surface area contributed by atoms with E-state index in [9.17, 15) is 10.0 Å². The van der Waals surface area contributed by atoms with Crippen molar-refractivity contribution in [3.8, 4) is 0 Å². The Morgan fingerprint density at radius 3 is 2.86 bits per heavy atom. The van der Waals surface area contributed by atoms with E-state index in [-0.39, 0.29) is 17.2 Å². The third-order valence-electron chi connectivity index (χ3n) is 3.25. The minimum atomic E-state index is -0.683. The number of nitrogens with two attached hydrogens (primary N) is 1. The van der Waals surface area contributed by atoms with Crippen molar-refractivity contribution in [2.24, 2.45) is 4.99 Å². The number of pyridine rings is 1. The highest BCUT2D eigenvalue weighted by Crippen LogP contribution is 2.28. The van der Waals surface area contributed by atoms with Gasteiger partial charge >= 0.3 is 0 Å². The summed E-state index contributed by atoms with van der Waals surface area (Å²) in [6, 6.07) is 4.65. The molecule has 0 fully saturated rings. The second kappa shape index (κ2) is 4.30. The topological polar surface area (TPSA) is 118 Å². The van der Waals surface area contributed by atoms with Gasteiger partial charge in [-0.3, -0.25) is 4.79 Å². The van der Waals surface area contributed by atoms with Crippen LogP contribution in [0.5, 0.6) is 0 Å². The smallest absolute Gasteiger partial charge is 0.254 e. The molecule has 0 aromatic carbocycles. The number of hydrogen-bond donors (Lipinski definition) is 3. The molecule has 0 radical (unpaired) electrons. The molecule has 21 heavy (non-hydrogen) atoms. The first kappa shape index (κ1) is 13.1. The summed E-state index contributed by atoms with van der Waals surface area (Å²) in [6.45, 7) is 3.60. The van der Waals surface area contributed by atoms with Gasteiger partial charge in [0.25, 0.3) is 5.91 Å². The first-order chi connectivity index (χ1) is 9.88. The number of amides is 1. The third kappa shape index (κ3) is 2.10. The van der Waals surface area contributed by atoms with Gasteiger partial charge in [-0.2, -0.15) is 4.73 Å². The monoisotopic (exact) mass is 286 g/mol. The van der Waals surface area contributed by atoms with Crippen LogP contribution in [0.4, 0.5) is 11.6 Å². The number of rotatable bonds is 1. The van der Waals surface area contributed by atoms with Crippen LogP contribution in [0.15, 0.2) is 29.5 Å². The Bertz CT molecular complexity index is 809. The van der Waals surface area contributed by atoms with Crippen LogP contribution in [0.2, 0.25) is 0 Å². The predicted molar refractivity (Wildman–Crippen MR) is 73.8 cm³/mol. The minimum absolute atomic E-state index is 0.226. The molecule has 0 aliphatic carbocycles. The lowest BCUT2D eigenvalue weighted by atomic mass is 10.0. The van der Waals surface area contributed by atoms with E-state index < -0.39 is 5.54 Å². The Labute approximate surface area is 120 Å². The highest BCUT2D eigenvalue weighted by molar-refractivity contribution is 5.99. The Balaban J connectivity index is 2.22. The number of nitrogens with zero attached hydrogens (tertiary/aromatic N) is 4. The summed E-state index contributed by atoms with van der Waals surface area (Å²) in [5.74, 6) is 0.377. The summed E-state index contributed by atoms with van der Waals surface area (Å²) in [6.07, 6.45) is 1.29. The molecule has 8 nitrogen and oxygen atoms in total. The number of nitrogen functional groups attached to an aromatic ring is 1. The maximum absolute atomic E-state index is 11.8. The number of nitrogens with one attached hydrogen (secondary N) is 1. The van der Waals surface area contributed by atoms with Gasteiger partial charge in [0.2, 0.25) is 0 Å².